The largest absolute Gasteiger partial charge is 0.497 e. The number of benzene rings is 9. The van der Waals surface area contributed by atoms with Crippen molar-refractivity contribution < 1.29 is 9.47 Å². The van der Waals surface area contributed by atoms with Gasteiger partial charge in [-0.15, -0.1) is 0 Å². The number of hydrogen-bond donors (Lipinski definition) is 8. The molecule has 85 heavy (non-hydrogen) atoms. The van der Waals surface area contributed by atoms with Gasteiger partial charge in [0.25, 0.3) is 0 Å². The summed E-state index contributed by atoms with van der Waals surface area (Å²) < 4.78 is 11.0. The molecule has 9 aromatic carbocycles. The molecule has 12 rings (SSSR count). The molecule has 19 nitrogen and oxygen atoms in total. The van der Waals surface area contributed by atoms with Crippen LogP contribution in [-0.4, -0.2) is 52.0 Å². The molecule has 0 atom stereocenters. The van der Waals surface area contributed by atoms with Gasteiger partial charge in [-0.25, -0.2) is 0 Å². The normalized spacial score (nSPS) is 10.3. The lowest BCUT2D eigenvalue weighted by atomic mass is 10.2. The summed E-state index contributed by atoms with van der Waals surface area (Å²) in [7, 11) is 1.64. The Labute approximate surface area is 492 Å². The van der Waals surface area contributed by atoms with E-state index >= 15 is 0 Å². The van der Waals surface area contributed by atoms with Crippen molar-refractivity contribution >= 4 is 93.1 Å². The molecule has 0 saturated heterocycles. The fourth-order valence-electron chi connectivity index (χ4n) is 7.96. The van der Waals surface area contributed by atoms with Crippen LogP contribution in [0.25, 0.3) is 0 Å². The number of anilines is 16. The van der Waals surface area contributed by atoms with Crippen molar-refractivity contribution in [2.24, 2.45) is 0 Å². The molecule has 0 aliphatic carbocycles. The topological polar surface area (TPSA) is 231 Å². The van der Waals surface area contributed by atoms with Crippen molar-refractivity contribution in [2.75, 3.05) is 49.6 Å². The van der Waals surface area contributed by atoms with Crippen molar-refractivity contribution in [3.8, 4) is 17.5 Å². The monoisotopic (exact) mass is 1120 g/mol. The summed E-state index contributed by atoms with van der Waals surface area (Å²) in [5.74, 6) is 4.86. The van der Waals surface area contributed by atoms with Crippen molar-refractivity contribution in [3.63, 3.8) is 0 Å². The minimum atomic E-state index is 0.202. The summed E-state index contributed by atoms with van der Waals surface area (Å²) in [5.41, 5.74) is 9.41. The van der Waals surface area contributed by atoms with E-state index in [-0.39, 0.29) is 6.01 Å². The smallest absolute Gasteiger partial charge is 0.328 e. The van der Waals surface area contributed by atoms with Gasteiger partial charge in [-0.3, -0.25) is 0 Å². The second kappa shape index (κ2) is 28.9. The van der Waals surface area contributed by atoms with E-state index in [4.69, 9.17) is 9.47 Å². The molecule has 0 aliphatic heterocycles. The number of ether oxygens (including phenoxy) is 2. The van der Waals surface area contributed by atoms with E-state index in [1.807, 2.05) is 269 Å². The SMILES string of the molecule is COc1ccc(Nc2nc(Nc3cccc(C)c3)nc(Nc3cccc(C)c3)n2)cc1.c1ccc(Nc2nc(Nc3ccccc3)nc(Nc3ccccc3)n2)cc1.c1ccc(Nc2nc(Nc3ccccc3)nc(Oc3ccccc3)n2)cc1. The summed E-state index contributed by atoms with van der Waals surface area (Å²) >= 11 is 0. The zero-order valence-electron chi connectivity index (χ0n) is 46.6. The Hall–Kier alpha value is -12.0. The number of nitrogens with one attached hydrogen (secondary N) is 8. The third kappa shape index (κ3) is 18.0. The van der Waals surface area contributed by atoms with Gasteiger partial charge in [0.2, 0.25) is 47.6 Å². The summed E-state index contributed by atoms with van der Waals surface area (Å²) in [6, 6.07) is 82.0. The predicted molar refractivity (Wildman–Crippen MR) is 340 cm³/mol. The highest BCUT2D eigenvalue weighted by Gasteiger charge is 2.13. The van der Waals surface area contributed by atoms with Crippen LogP contribution in [0.15, 0.2) is 255 Å². The third-order valence-corrected chi connectivity index (χ3v) is 11.9. The molecule has 420 valence electrons. The zero-order chi connectivity index (χ0) is 58.3. The van der Waals surface area contributed by atoms with Gasteiger partial charge in [-0.2, -0.15) is 44.9 Å². The molecule has 0 saturated carbocycles. The van der Waals surface area contributed by atoms with Crippen molar-refractivity contribution in [2.45, 2.75) is 13.8 Å². The number of hydrogen-bond acceptors (Lipinski definition) is 19. The molecule has 0 unspecified atom stereocenters. The highest BCUT2D eigenvalue weighted by Crippen LogP contribution is 2.26. The van der Waals surface area contributed by atoms with Gasteiger partial charge in [0.15, 0.2) is 0 Å². The van der Waals surface area contributed by atoms with Crippen LogP contribution in [0.1, 0.15) is 11.1 Å². The Morgan fingerprint density at radius 3 is 0.765 bits per heavy atom. The molecule has 0 radical (unpaired) electrons. The standard InChI is InChI=1S/C24H24N6O.C21H18N6.C21H17N5O/c1-16-6-4-8-19(14-16)26-23-28-22(25-18-10-12-21(31-3)13-11-18)29-24(30-23)27-20-9-5-7-17(2)15-20;1-4-10-16(11-5-1)22-19-25-20(23-17-12-6-2-7-13-17)27-21(26-19)24-18-14-8-3-9-15-18;1-4-10-16(11-5-1)22-19-24-20(23-17-12-6-2-7-13-17)26-21(25-19)27-18-14-8-3-9-15-18/h4-15H,1-3H3,(H3,25,26,27,28,29,30);1-15H,(H3,22,23,24,25,26,27);1-15H,(H2,22,23,24,25,26). The lowest BCUT2D eigenvalue weighted by Gasteiger charge is -2.12. The summed E-state index contributed by atoms with van der Waals surface area (Å²) in [6.07, 6.45) is 0. The molecular weight excluding hydrogens is 1060 g/mol. The fourth-order valence-corrected chi connectivity index (χ4v) is 7.96. The van der Waals surface area contributed by atoms with E-state index in [1.54, 1.807) is 7.11 Å². The van der Waals surface area contributed by atoms with Crippen LogP contribution in [0.5, 0.6) is 17.5 Å². The molecular formula is C66H59N17O2. The fraction of sp³-hybridized carbons (Fsp3) is 0.0455. The van der Waals surface area contributed by atoms with Gasteiger partial charge in [-0.05, 0) is 146 Å². The van der Waals surface area contributed by atoms with Gasteiger partial charge >= 0.3 is 6.01 Å². The number of rotatable bonds is 19. The maximum atomic E-state index is 5.79. The highest BCUT2D eigenvalue weighted by molar-refractivity contribution is 5.65. The van der Waals surface area contributed by atoms with Gasteiger partial charge in [0.05, 0.1) is 7.11 Å². The first-order chi connectivity index (χ1) is 41.8. The Bertz CT molecular complexity index is 3470. The molecule has 0 amide bonds. The van der Waals surface area contributed by atoms with Crippen molar-refractivity contribution in [1.82, 2.24) is 44.9 Å². The molecule has 3 aromatic heterocycles. The summed E-state index contributed by atoms with van der Waals surface area (Å²) in [6.45, 7) is 4.08. The number of aryl methyl sites for hydroxylation is 2. The van der Waals surface area contributed by atoms with Crippen LogP contribution in [0.2, 0.25) is 0 Å². The number of para-hydroxylation sites is 6. The minimum Gasteiger partial charge on any atom is -0.497 e. The minimum absolute atomic E-state index is 0.202. The predicted octanol–water partition coefficient (Wildman–Crippen LogP) is 16.0. The maximum Gasteiger partial charge on any atom is 0.328 e. The van der Waals surface area contributed by atoms with Crippen molar-refractivity contribution in [1.29, 1.82) is 0 Å². The molecule has 8 N–H and O–H groups in total. The first-order valence-corrected chi connectivity index (χ1v) is 27.0. The van der Waals surface area contributed by atoms with Crippen molar-refractivity contribution in [3.05, 3.63) is 266 Å². The first kappa shape index (κ1) is 56.3. The first-order valence-electron chi connectivity index (χ1n) is 27.0. The summed E-state index contributed by atoms with van der Waals surface area (Å²) in [5, 5.41) is 25.8. The Morgan fingerprint density at radius 2 is 0.482 bits per heavy atom. The Balaban J connectivity index is 0.000000142. The van der Waals surface area contributed by atoms with E-state index in [9.17, 15) is 0 Å². The summed E-state index contributed by atoms with van der Waals surface area (Å²) in [4.78, 5) is 40.3. The Kier molecular flexibility index (Phi) is 19.2. The molecule has 19 heteroatoms. The van der Waals surface area contributed by atoms with E-state index in [0.29, 0.717) is 53.3 Å². The lowest BCUT2D eigenvalue weighted by Crippen LogP contribution is -2.07. The second-order valence-corrected chi connectivity index (χ2v) is 18.6. The molecule has 12 aromatic rings. The molecule has 0 fully saturated rings. The van der Waals surface area contributed by atoms with Gasteiger partial charge in [-0.1, -0.05) is 133 Å². The third-order valence-electron chi connectivity index (χ3n) is 11.9. The molecule has 0 bridgehead atoms. The molecule has 0 aliphatic rings. The van der Waals surface area contributed by atoms with Crippen LogP contribution in [0, 0.1) is 13.8 Å². The van der Waals surface area contributed by atoms with E-state index < -0.39 is 0 Å². The zero-order valence-corrected chi connectivity index (χ0v) is 46.6. The van der Waals surface area contributed by atoms with Crippen LogP contribution >= 0.6 is 0 Å². The van der Waals surface area contributed by atoms with Crippen LogP contribution in [-0.2, 0) is 0 Å². The number of nitrogens with zero attached hydrogens (tertiary/aromatic N) is 9. The number of aromatic nitrogens is 9. The second-order valence-electron chi connectivity index (χ2n) is 18.6. The van der Waals surface area contributed by atoms with Crippen LogP contribution in [0.3, 0.4) is 0 Å². The highest BCUT2D eigenvalue weighted by atomic mass is 16.5. The lowest BCUT2D eigenvalue weighted by molar-refractivity contribution is 0.415. The average molecular weight is 1120 g/mol. The van der Waals surface area contributed by atoms with Gasteiger partial charge < -0.3 is 52.0 Å². The number of methoxy groups -OCH3 is 1. The molecule has 0 spiro atoms. The van der Waals surface area contributed by atoms with E-state index in [2.05, 4.69) is 87.4 Å². The average Bonchev–Trinajstić information content (AvgIpc) is 3.71. The van der Waals surface area contributed by atoms with Crippen LogP contribution < -0.4 is 52.0 Å². The van der Waals surface area contributed by atoms with Crippen LogP contribution in [0.4, 0.5) is 93.1 Å². The maximum absolute atomic E-state index is 5.79. The van der Waals surface area contributed by atoms with E-state index in [1.165, 1.54) is 0 Å². The van der Waals surface area contributed by atoms with Gasteiger partial charge in [0.1, 0.15) is 11.5 Å². The van der Waals surface area contributed by atoms with Gasteiger partial charge in [0, 0.05) is 45.5 Å². The quantitative estimate of drug-likeness (QED) is 0.0376. The Morgan fingerprint density at radius 1 is 0.235 bits per heavy atom. The molecule has 3 heterocycles. The van der Waals surface area contributed by atoms with E-state index in [0.717, 1.165) is 62.4 Å².